The van der Waals surface area contributed by atoms with E-state index in [4.69, 9.17) is 10.5 Å². The number of aliphatic hydroxyl groups excluding tert-OH is 1. The van der Waals surface area contributed by atoms with Gasteiger partial charge in [0.2, 0.25) is 0 Å². The Morgan fingerprint density at radius 1 is 1.53 bits per heavy atom. The largest absolute Gasteiger partial charge is 0.396 e. The highest BCUT2D eigenvalue weighted by molar-refractivity contribution is 4.97. The maximum Gasteiger partial charge on any atom is 0.0643 e. The van der Waals surface area contributed by atoms with E-state index in [1.807, 2.05) is 0 Å². The van der Waals surface area contributed by atoms with Crippen molar-refractivity contribution in [3.05, 3.63) is 0 Å². The summed E-state index contributed by atoms with van der Waals surface area (Å²) < 4.78 is 5.59. The lowest BCUT2D eigenvalue weighted by Crippen LogP contribution is -2.52. The van der Waals surface area contributed by atoms with E-state index in [9.17, 15) is 5.11 Å². The Kier molecular flexibility index (Phi) is 5.03. The number of ether oxygens (including phenoxy) is 1. The van der Waals surface area contributed by atoms with Crippen molar-refractivity contribution in [3.63, 3.8) is 0 Å². The van der Waals surface area contributed by atoms with Gasteiger partial charge in [-0.2, -0.15) is 0 Å². The summed E-state index contributed by atoms with van der Waals surface area (Å²) in [5, 5.41) is 9.23. The molecule has 0 heterocycles. The SMILES string of the molecule is CCC(N)C1(CCO)CCCCC1OC. The van der Waals surface area contributed by atoms with Crippen LogP contribution in [0, 0.1) is 5.41 Å². The summed E-state index contributed by atoms with van der Waals surface area (Å²) in [5.41, 5.74) is 6.25. The van der Waals surface area contributed by atoms with Crippen LogP contribution in [0.1, 0.15) is 45.4 Å². The quantitative estimate of drug-likeness (QED) is 0.733. The van der Waals surface area contributed by atoms with E-state index in [0.717, 1.165) is 25.7 Å². The number of rotatable bonds is 5. The molecule has 1 saturated carbocycles. The van der Waals surface area contributed by atoms with Gasteiger partial charge in [-0.15, -0.1) is 0 Å². The summed E-state index contributed by atoms with van der Waals surface area (Å²) in [4.78, 5) is 0. The molecule has 0 aliphatic heterocycles. The second kappa shape index (κ2) is 5.83. The summed E-state index contributed by atoms with van der Waals surface area (Å²) in [6, 6.07) is 0.148. The molecule has 3 nitrogen and oxygen atoms in total. The zero-order chi connectivity index (χ0) is 11.3. The summed E-state index contributed by atoms with van der Waals surface area (Å²) in [6.07, 6.45) is 6.59. The van der Waals surface area contributed by atoms with Gasteiger partial charge in [-0.25, -0.2) is 0 Å². The third-order valence-corrected chi connectivity index (χ3v) is 4.04. The zero-order valence-corrected chi connectivity index (χ0v) is 10.0. The first-order valence-electron chi connectivity index (χ1n) is 6.10. The lowest BCUT2D eigenvalue weighted by Gasteiger charge is -2.47. The van der Waals surface area contributed by atoms with E-state index >= 15 is 0 Å². The molecular formula is C12H25NO2. The average Bonchev–Trinajstić information content (AvgIpc) is 2.28. The van der Waals surface area contributed by atoms with Gasteiger partial charge in [0.25, 0.3) is 0 Å². The number of aliphatic hydroxyl groups is 1. The molecule has 0 radical (unpaired) electrons. The van der Waals surface area contributed by atoms with Gasteiger partial charge in [0, 0.05) is 25.2 Å². The van der Waals surface area contributed by atoms with E-state index in [-0.39, 0.29) is 24.2 Å². The standard InChI is InChI=1S/C12H25NO2/c1-3-10(13)12(8-9-14)7-5-4-6-11(12)15-2/h10-11,14H,3-9,13H2,1-2H3. The number of nitrogens with two attached hydrogens (primary N) is 1. The van der Waals surface area contributed by atoms with Crippen LogP contribution < -0.4 is 5.73 Å². The second-order valence-corrected chi connectivity index (χ2v) is 4.69. The van der Waals surface area contributed by atoms with Crippen LogP contribution in [0.5, 0.6) is 0 Å². The van der Waals surface area contributed by atoms with Gasteiger partial charge in [-0.3, -0.25) is 0 Å². The van der Waals surface area contributed by atoms with Crippen LogP contribution >= 0.6 is 0 Å². The zero-order valence-electron chi connectivity index (χ0n) is 10.0. The third-order valence-electron chi connectivity index (χ3n) is 4.04. The van der Waals surface area contributed by atoms with Gasteiger partial charge < -0.3 is 15.6 Å². The Hall–Kier alpha value is -0.120. The highest BCUT2D eigenvalue weighted by Gasteiger charge is 2.44. The first-order chi connectivity index (χ1) is 7.21. The van der Waals surface area contributed by atoms with Crippen LogP contribution in [0.15, 0.2) is 0 Å². The first-order valence-corrected chi connectivity index (χ1v) is 6.10. The molecule has 0 aromatic rings. The molecule has 0 aromatic carbocycles. The molecule has 3 N–H and O–H groups in total. The maximum absolute atomic E-state index is 9.23. The average molecular weight is 215 g/mol. The molecule has 0 saturated heterocycles. The highest BCUT2D eigenvalue weighted by atomic mass is 16.5. The van der Waals surface area contributed by atoms with E-state index < -0.39 is 0 Å². The Morgan fingerprint density at radius 3 is 2.80 bits per heavy atom. The highest BCUT2D eigenvalue weighted by Crippen LogP contribution is 2.43. The van der Waals surface area contributed by atoms with E-state index in [1.165, 1.54) is 12.8 Å². The van der Waals surface area contributed by atoms with Crippen LogP contribution in [-0.2, 0) is 4.74 Å². The summed E-state index contributed by atoms with van der Waals surface area (Å²) in [5.74, 6) is 0. The number of hydrogen-bond acceptors (Lipinski definition) is 3. The molecule has 3 unspecified atom stereocenters. The molecule has 1 rings (SSSR count). The fraction of sp³-hybridized carbons (Fsp3) is 1.00. The van der Waals surface area contributed by atoms with Crippen LogP contribution in [0.4, 0.5) is 0 Å². The fourth-order valence-electron chi connectivity index (χ4n) is 3.10. The van der Waals surface area contributed by atoms with Crippen LogP contribution in [0.25, 0.3) is 0 Å². The van der Waals surface area contributed by atoms with Crippen LogP contribution in [0.2, 0.25) is 0 Å². The van der Waals surface area contributed by atoms with E-state index in [2.05, 4.69) is 6.92 Å². The predicted molar refractivity (Wildman–Crippen MR) is 61.7 cm³/mol. The molecule has 3 atom stereocenters. The van der Waals surface area contributed by atoms with Crippen molar-refractivity contribution in [2.45, 2.75) is 57.6 Å². The predicted octanol–water partition coefficient (Wildman–Crippen LogP) is 1.68. The lowest BCUT2D eigenvalue weighted by atomic mass is 9.64. The van der Waals surface area contributed by atoms with Crippen molar-refractivity contribution in [1.82, 2.24) is 0 Å². The Balaban J connectivity index is 2.83. The number of methoxy groups -OCH3 is 1. The molecule has 1 aliphatic carbocycles. The smallest absolute Gasteiger partial charge is 0.0643 e. The Labute approximate surface area is 93.0 Å². The van der Waals surface area contributed by atoms with Gasteiger partial charge in [0.1, 0.15) is 0 Å². The van der Waals surface area contributed by atoms with E-state index in [1.54, 1.807) is 7.11 Å². The molecule has 0 aromatic heterocycles. The van der Waals surface area contributed by atoms with Crippen molar-refractivity contribution in [1.29, 1.82) is 0 Å². The van der Waals surface area contributed by atoms with Crippen LogP contribution in [0.3, 0.4) is 0 Å². The molecule has 0 spiro atoms. The minimum Gasteiger partial charge on any atom is -0.396 e. The van der Waals surface area contributed by atoms with Crippen molar-refractivity contribution in [2.75, 3.05) is 13.7 Å². The van der Waals surface area contributed by atoms with Gasteiger partial charge in [-0.05, 0) is 25.7 Å². The monoisotopic (exact) mass is 215 g/mol. The van der Waals surface area contributed by atoms with Gasteiger partial charge in [0.05, 0.1) is 6.10 Å². The Bertz CT molecular complexity index is 182. The number of hydrogen-bond donors (Lipinski definition) is 2. The minimum atomic E-state index is 0.0104. The normalized spacial score (nSPS) is 34.0. The van der Waals surface area contributed by atoms with Gasteiger partial charge in [0.15, 0.2) is 0 Å². The topological polar surface area (TPSA) is 55.5 Å². The summed E-state index contributed by atoms with van der Waals surface area (Å²) in [6.45, 7) is 2.33. The van der Waals surface area contributed by atoms with Crippen molar-refractivity contribution in [2.24, 2.45) is 11.1 Å². The van der Waals surface area contributed by atoms with Crippen molar-refractivity contribution >= 4 is 0 Å². The van der Waals surface area contributed by atoms with Crippen molar-refractivity contribution < 1.29 is 9.84 Å². The Morgan fingerprint density at radius 2 is 2.27 bits per heavy atom. The van der Waals surface area contributed by atoms with Gasteiger partial charge in [-0.1, -0.05) is 19.8 Å². The molecule has 0 amide bonds. The molecule has 90 valence electrons. The molecule has 15 heavy (non-hydrogen) atoms. The molecule has 0 bridgehead atoms. The lowest BCUT2D eigenvalue weighted by molar-refractivity contribution is -0.0696. The van der Waals surface area contributed by atoms with E-state index in [0.29, 0.717) is 0 Å². The van der Waals surface area contributed by atoms with Crippen LogP contribution in [-0.4, -0.2) is 31.0 Å². The summed E-state index contributed by atoms with van der Waals surface area (Å²) in [7, 11) is 1.77. The second-order valence-electron chi connectivity index (χ2n) is 4.69. The summed E-state index contributed by atoms with van der Waals surface area (Å²) >= 11 is 0. The maximum atomic E-state index is 9.23. The third kappa shape index (κ3) is 2.52. The fourth-order valence-corrected chi connectivity index (χ4v) is 3.10. The molecular weight excluding hydrogens is 190 g/mol. The molecule has 3 heteroatoms. The van der Waals surface area contributed by atoms with Crippen molar-refractivity contribution in [3.8, 4) is 0 Å². The molecule has 1 aliphatic rings. The van der Waals surface area contributed by atoms with Gasteiger partial charge >= 0.3 is 0 Å². The minimum absolute atomic E-state index is 0.0104. The molecule has 1 fully saturated rings. The first kappa shape index (κ1) is 12.9.